The van der Waals surface area contributed by atoms with Crippen LogP contribution in [0.2, 0.25) is 0 Å². The summed E-state index contributed by atoms with van der Waals surface area (Å²) in [7, 11) is 0. The van der Waals surface area contributed by atoms with Gasteiger partial charge in [0.1, 0.15) is 5.58 Å². The number of fused-ring (bicyclic) bond motifs is 3. The van der Waals surface area contributed by atoms with Crippen LogP contribution in [0.1, 0.15) is 26.3 Å². The van der Waals surface area contributed by atoms with Crippen LogP contribution in [0.5, 0.6) is 11.5 Å². The van der Waals surface area contributed by atoms with Crippen LogP contribution in [0, 0.1) is 0 Å². The SMILES string of the molecule is CC(C)(C)c1cc2c(oc3ccccc32)c(O)c1[O]. The molecule has 1 aromatic heterocycles. The third kappa shape index (κ3) is 1.65. The topological polar surface area (TPSA) is 53.3 Å². The van der Waals surface area contributed by atoms with Gasteiger partial charge in [0.15, 0.2) is 5.58 Å². The number of hydrogen-bond donors (Lipinski definition) is 1. The Morgan fingerprint density at radius 2 is 1.79 bits per heavy atom. The van der Waals surface area contributed by atoms with Crippen molar-refractivity contribution in [2.45, 2.75) is 26.2 Å². The Kier molecular flexibility index (Phi) is 2.30. The van der Waals surface area contributed by atoms with Crippen LogP contribution in [0.25, 0.3) is 21.9 Å². The molecule has 0 spiro atoms. The van der Waals surface area contributed by atoms with Crippen molar-refractivity contribution >= 4 is 21.9 Å². The first-order valence-electron chi connectivity index (χ1n) is 6.24. The Morgan fingerprint density at radius 3 is 2.47 bits per heavy atom. The van der Waals surface area contributed by atoms with Crippen LogP contribution < -0.4 is 0 Å². The molecule has 3 aromatic rings. The van der Waals surface area contributed by atoms with Gasteiger partial charge in [0, 0.05) is 16.3 Å². The fourth-order valence-corrected chi connectivity index (χ4v) is 2.38. The molecule has 0 amide bonds. The van der Waals surface area contributed by atoms with Gasteiger partial charge in [-0.2, -0.15) is 0 Å². The molecule has 0 aliphatic carbocycles. The van der Waals surface area contributed by atoms with Crippen molar-refractivity contribution in [1.29, 1.82) is 0 Å². The second kappa shape index (κ2) is 3.67. The van der Waals surface area contributed by atoms with Crippen molar-refractivity contribution in [3.8, 4) is 11.5 Å². The number of para-hydroxylation sites is 1. The van der Waals surface area contributed by atoms with Gasteiger partial charge in [-0.3, -0.25) is 5.11 Å². The fourth-order valence-electron chi connectivity index (χ4n) is 2.38. The summed E-state index contributed by atoms with van der Waals surface area (Å²) in [6.07, 6.45) is 0. The molecule has 0 saturated heterocycles. The number of rotatable bonds is 0. The van der Waals surface area contributed by atoms with Crippen molar-refractivity contribution < 1.29 is 14.6 Å². The average molecular weight is 255 g/mol. The number of phenols is 1. The largest absolute Gasteiger partial charge is 0.502 e. The molecule has 0 bridgehead atoms. The Balaban J connectivity index is 2.50. The molecule has 2 aromatic carbocycles. The van der Waals surface area contributed by atoms with Crippen molar-refractivity contribution in [2.24, 2.45) is 0 Å². The highest BCUT2D eigenvalue weighted by molar-refractivity contribution is 6.07. The zero-order valence-electron chi connectivity index (χ0n) is 11.2. The van der Waals surface area contributed by atoms with Crippen molar-refractivity contribution in [3.05, 3.63) is 35.9 Å². The van der Waals surface area contributed by atoms with Gasteiger partial charge in [0.2, 0.25) is 11.5 Å². The van der Waals surface area contributed by atoms with Gasteiger partial charge in [-0.15, -0.1) is 0 Å². The molecule has 97 valence electrons. The lowest BCUT2D eigenvalue weighted by atomic mass is 9.85. The summed E-state index contributed by atoms with van der Waals surface area (Å²) in [6.45, 7) is 5.87. The zero-order chi connectivity index (χ0) is 13.8. The van der Waals surface area contributed by atoms with E-state index in [9.17, 15) is 10.2 Å². The highest BCUT2D eigenvalue weighted by Gasteiger charge is 2.26. The monoisotopic (exact) mass is 255 g/mol. The van der Waals surface area contributed by atoms with Gasteiger partial charge in [-0.1, -0.05) is 39.0 Å². The molecule has 0 aliphatic heterocycles. The molecule has 3 heteroatoms. The first-order valence-corrected chi connectivity index (χ1v) is 6.24. The maximum absolute atomic E-state index is 12.2. The Morgan fingerprint density at radius 1 is 1.11 bits per heavy atom. The van der Waals surface area contributed by atoms with E-state index in [2.05, 4.69) is 0 Å². The van der Waals surface area contributed by atoms with Crippen molar-refractivity contribution in [1.82, 2.24) is 0 Å². The molecule has 0 aliphatic rings. The van der Waals surface area contributed by atoms with Gasteiger partial charge in [-0.25, -0.2) is 0 Å². The molecule has 0 unspecified atom stereocenters. The third-order valence-corrected chi connectivity index (χ3v) is 3.41. The third-order valence-electron chi connectivity index (χ3n) is 3.41. The molecular weight excluding hydrogens is 240 g/mol. The average Bonchev–Trinajstić information content (AvgIpc) is 2.71. The van der Waals surface area contributed by atoms with E-state index in [1.807, 2.05) is 51.1 Å². The van der Waals surface area contributed by atoms with Crippen LogP contribution in [-0.2, 0) is 10.5 Å². The molecule has 1 radical (unpaired) electrons. The molecule has 3 nitrogen and oxygen atoms in total. The minimum Gasteiger partial charge on any atom is -0.502 e. The molecule has 1 heterocycles. The maximum Gasteiger partial charge on any atom is 0.227 e. The summed E-state index contributed by atoms with van der Waals surface area (Å²) in [5.74, 6) is -0.641. The summed E-state index contributed by atoms with van der Waals surface area (Å²) in [5, 5.41) is 24.0. The Bertz CT molecular complexity index is 776. The van der Waals surface area contributed by atoms with Gasteiger partial charge in [-0.05, 0) is 17.5 Å². The second-order valence-corrected chi connectivity index (χ2v) is 5.83. The second-order valence-electron chi connectivity index (χ2n) is 5.83. The molecule has 0 atom stereocenters. The van der Waals surface area contributed by atoms with E-state index in [0.717, 1.165) is 10.8 Å². The van der Waals surface area contributed by atoms with Crippen LogP contribution in [-0.4, -0.2) is 5.11 Å². The van der Waals surface area contributed by atoms with Gasteiger partial charge in [0.05, 0.1) is 0 Å². The van der Waals surface area contributed by atoms with Crippen LogP contribution in [0.15, 0.2) is 34.7 Å². The lowest BCUT2D eigenvalue weighted by molar-refractivity contribution is 0.313. The first-order chi connectivity index (χ1) is 8.89. The lowest BCUT2D eigenvalue weighted by Gasteiger charge is -2.19. The molecule has 1 N–H and O–H groups in total. The van der Waals surface area contributed by atoms with Crippen LogP contribution in [0.4, 0.5) is 0 Å². The van der Waals surface area contributed by atoms with E-state index in [1.54, 1.807) is 0 Å². The standard InChI is InChI=1S/C16H15O3/c1-16(2,3)11-8-10-9-6-4-5-7-12(9)19-15(10)14(18)13(11)17/h4-8,18H,1-3H3. The molecule has 3 rings (SSSR count). The zero-order valence-corrected chi connectivity index (χ0v) is 11.2. The molecule has 19 heavy (non-hydrogen) atoms. The minimum absolute atomic E-state index is 0.277. The molecular formula is C16H15O3. The predicted octanol–water partition coefficient (Wildman–Crippen LogP) is 4.73. The number of phenolic OH excluding ortho intramolecular Hbond substituents is 1. The Hall–Kier alpha value is -2.16. The van der Waals surface area contributed by atoms with E-state index in [0.29, 0.717) is 11.1 Å². The van der Waals surface area contributed by atoms with E-state index in [-0.39, 0.29) is 22.5 Å². The minimum atomic E-state index is -0.348. The number of benzene rings is 2. The molecule has 0 fully saturated rings. The fraction of sp³-hybridized carbons (Fsp3) is 0.250. The number of hydrogen-bond acceptors (Lipinski definition) is 2. The number of aromatic hydroxyl groups is 1. The maximum atomic E-state index is 12.2. The summed E-state index contributed by atoms with van der Waals surface area (Å²) in [4.78, 5) is 0. The van der Waals surface area contributed by atoms with E-state index in [1.165, 1.54) is 0 Å². The van der Waals surface area contributed by atoms with Gasteiger partial charge < -0.3 is 9.52 Å². The summed E-state index contributed by atoms with van der Waals surface area (Å²) < 4.78 is 5.58. The first kappa shape index (κ1) is 11.9. The van der Waals surface area contributed by atoms with Crippen LogP contribution >= 0.6 is 0 Å². The Labute approximate surface area is 111 Å². The quantitative estimate of drug-likeness (QED) is 0.631. The van der Waals surface area contributed by atoms with Gasteiger partial charge in [0.25, 0.3) is 0 Å². The normalized spacial score (nSPS) is 12.4. The highest BCUT2D eigenvalue weighted by atomic mass is 16.4. The van der Waals surface area contributed by atoms with Crippen molar-refractivity contribution in [3.63, 3.8) is 0 Å². The predicted molar refractivity (Wildman–Crippen MR) is 74.2 cm³/mol. The molecule has 0 saturated carbocycles. The van der Waals surface area contributed by atoms with Crippen LogP contribution in [0.3, 0.4) is 0 Å². The van der Waals surface area contributed by atoms with Gasteiger partial charge >= 0.3 is 0 Å². The number of furan rings is 1. The van der Waals surface area contributed by atoms with Crippen molar-refractivity contribution in [2.75, 3.05) is 0 Å². The van der Waals surface area contributed by atoms with E-state index < -0.39 is 0 Å². The summed E-state index contributed by atoms with van der Waals surface area (Å²) in [5.41, 5.74) is 1.24. The summed E-state index contributed by atoms with van der Waals surface area (Å²) in [6, 6.07) is 9.37. The van der Waals surface area contributed by atoms with E-state index >= 15 is 0 Å². The summed E-state index contributed by atoms with van der Waals surface area (Å²) >= 11 is 0. The smallest absolute Gasteiger partial charge is 0.227 e. The lowest BCUT2D eigenvalue weighted by Crippen LogP contribution is -2.10. The highest BCUT2D eigenvalue weighted by Crippen LogP contribution is 2.45. The van der Waals surface area contributed by atoms with E-state index in [4.69, 9.17) is 4.42 Å².